The molecule has 1 rings (SSSR count). The lowest BCUT2D eigenvalue weighted by atomic mass is 10.2. The second kappa shape index (κ2) is 3.28. The summed E-state index contributed by atoms with van der Waals surface area (Å²) in [6, 6.07) is 5.31. The molecule has 0 N–H and O–H groups in total. The Kier molecular flexibility index (Phi) is 2.36. The maximum atomic E-state index is 8.13. The van der Waals surface area contributed by atoms with Gasteiger partial charge in [0.15, 0.2) is 0 Å². The standard InChI is InChI=1S/C7H6ClN3/c1-5-2-3-6(8)7(4-5)10-11-9/h2-4H,1H3. The van der Waals surface area contributed by atoms with E-state index >= 15 is 0 Å². The summed E-state index contributed by atoms with van der Waals surface area (Å²) in [6.07, 6.45) is 0. The number of hydrogen-bond donors (Lipinski definition) is 0. The summed E-state index contributed by atoms with van der Waals surface area (Å²) in [6.45, 7) is 1.91. The van der Waals surface area contributed by atoms with Crippen LogP contribution >= 0.6 is 11.6 Å². The fraction of sp³-hybridized carbons (Fsp3) is 0.143. The molecule has 0 unspecified atom stereocenters. The van der Waals surface area contributed by atoms with Crippen molar-refractivity contribution in [3.63, 3.8) is 0 Å². The Morgan fingerprint density at radius 3 is 2.91 bits per heavy atom. The van der Waals surface area contributed by atoms with Crippen molar-refractivity contribution in [3.05, 3.63) is 39.2 Å². The first-order valence-corrected chi connectivity index (χ1v) is 3.43. The molecule has 0 amide bonds. The van der Waals surface area contributed by atoms with Gasteiger partial charge in [0.2, 0.25) is 0 Å². The van der Waals surface area contributed by atoms with E-state index in [9.17, 15) is 0 Å². The van der Waals surface area contributed by atoms with Crippen molar-refractivity contribution < 1.29 is 0 Å². The lowest BCUT2D eigenvalue weighted by Crippen LogP contribution is -1.70. The highest BCUT2D eigenvalue weighted by Crippen LogP contribution is 2.25. The summed E-state index contributed by atoms with van der Waals surface area (Å²) in [5.41, 5.74) is 9.64. The predicted octanol–water partition coefficient (Wildman–Crippen LogP) is 3.59. The highest BCUT2D eigenvalue weighted by Gasteiger charge is 1.95. The molecule has 0 aromatic heterocycles. The van der Waals surface area contributed by atoms with Crippen molar-refractivity contribution in [1.82, 2.24) is 0 Å². The number of hydrogen-bond acceptors (Lipinski definition) is 1. The van der Waals surface area contributed by atoms with Crippen LogP contribution in [0.3, 0.4) is 0 Å². The normalized spacial score (nSPS) is 8.91. The van der Waals surface area contributed by atoms with Gasteiger partial charge in [0.05, 0.1) is 10.7 Å². The van der Waals surface area contributed by atoms with Crippen molar-refractivity contribution in [1.29, 1.82) is 0 Å². The fourth-order valence-corrected chi connectivity index (χ4v) is 0.903. The predicted molar refractivity (Wildman–Crippen MR) is 45.0 cm³/mol. The quantitative estimate of drug-likeness (QED) is 0.349. The van der Waals surface area contributed by atoms with Crippen LogP contribution in [-0.4, -0.2) is 0 Å². The number of rotatable bonds is 1. The van der Waals surface area contributed by atoms with E-state index < -0.39 is 0 Å². The number of nitrogens with zero attached hydrogens (tertiary/aromatic N) is 3. The van der Waals surface area contributed by atoms with Crippen LogP contribution in [0, 0.1) is 6.92 Å². The molecule has 56 valence electrons. The molecule has 0 aliphatic heterocycles. The van der Waals surface area contributed by atoms with E-state index in [1.807, 2.05) is 13.0 Å². The van der Waals surface area contributed by atoms with Gasteiger partial charge in [-0.25, -0.2) is 0 Å². The summed E-state index contributed by atoms with van der Waals surface area (Å²) in [5, 5.41) is 3.90. The number of benzene rings is 1. The molecule has 0 radical (unpaired) electrons. The molecule has 0 aliphatic carbocycles. The summed E-state index contributed by atoms with van der Waals surface area (Å²) >= 11 is 5.71. The zero-order valence-electron chi connectivity index (χ0n) is 5.95. The zero-order chi connectivity index (χ0) is 8.27. The van der Waals surface area contributed by atoms with E-state index in [-0.39, 0.29) is 0 Å². The van der Waals surface area contributed by atoms with Crippen molar-refractivity contribution in [3.8, 4) is 0 Å². The molecule has 0 spiro atoms. The van der Waals surface area contributed by atoms with Crippen LogP contribution in [0.2, 0.25) is 5.02 Å². The highest BCUT2D eigenvalue weighted by molar-refractivity contribution is 6.32. The molecule has 0 atom stereocenters. The zero-order valence-corrected chi connectivity index (χ0v) is 6.71. The molecule has 0 bridgehead atoms. The Hall–Kier alpha value is -1.18. The van der Waals surface area contributed by atoms with Crippen LogP contribution in [0.1, 0.15) is 5.56 Å². The summed E-state index contributed by atoms with van der Waals surface area (Å²) < 4.78 is 0. The molecule has 0 heterocycles. The third kappa shape index (κ3) is 1.87. The van der Waals surface area contributed by atoms with Crippen LogP contribution in [-0.2, 0) is 0 Å². The summed E-state index contributed by atoms with van der Waals surface area (Å²) in [4.78, 5) is 2.65. The fourth-order valence-electron chi connectivity index (χ4n) is 0.748. The van der Waals surface area contributed by atoms with Gasteiger partial charge in [0.1, 0.15) is 0 Å². The Morgan fingerprint density at radius 1 is 1.55 bits per heavy atom. The van der Waals surface area contributed by atoms with Gasteiger partial charge in [-0.2, -0.15) is 0 Å². The topological polar surface area (TPSA) is 48.8 Å². The van der Waals surface area contributed by atoms with Gasteiger partial charge in [0, 0.05) is 4.91 Å². The SMILES string of the molecule is Cc1ccc(Cl)c(N=[N+]=[N-])c1. The monoisotopic (exact) mass is 167 g/mol. The first kappa shape index (κ1) is 7.92. The van der Waals surface area contributed by atoms with Crippen molar-refractivity contribution in [2.75, 3.05) is 0 Å². The first-order chi connectivity index (χ1) is 5.24. The second-order valence-electron chi connectivity index (χ2n) is 2.14. The third-order valence-corrected chi connectivity index (χ3v) is 1.57. The van der Waals surface area contributed by atoms with Crippen LogP contribution in [0.4, 0.5) is 5.69 Å². The average Bonchev–Trinajstić information content (AvgIpc) is 1.98. The molecule has 11 heavy (non-hydrogen) atoms. The first-order valence-electron chi connectivity index (χ1n) is 3.05. The van der Waals surface area contributed by atoms with Crippen molar-refractivity contribution >= 4 is 17.3 Å². The Bertz CT molecular complexity index is 315. The van der Waals surface area contributed by atoms with Crippen LogP contribution in [0.15, 0.2) is 23.3 Å². The van der Waals surface area contributed by atoms with E-state index in [2.05, 4.69) is 10.0 Å². The van der Waals surface area contributed by atoms with Crippen LogP contribution in [0.5, 0.6) is 0 Å². The maximum Gasteiger partial charge on any atom is 0.0564 e. The second-order valence-corrected chi connectivity index (χ2v) is 2.55. The molecule has 0 aliphatic rings. The van der Waals surface area contributed by atoms with Crippen molar-refractivity contribution in [2.45, 2.75) is 6.92 Å². The molecule has 1 aromatic rings. The van der Waals surface area contributed by atoms with Gasteiger partial charge in [-0.05, 0) is 24.6 Å². The van der Waals surface area contributed by atoms with Gasteiger partial charge < -0.3 is 0 Å². The van der Waals surface area contributed by atoms with Gasteiger partial charge in [-0.3, -0.25) is 0 Å². The average molecular weight is 168 g/mol. The van der Waals surface area contributed by atoms with E-state index in [0.29, 0.717) is 10.7 Å². The minimum absolute atomic E-state index is 0.480. The minimum Gasteiger partial charge on any atom is -0.0838 e. The van der Waals surface area contributed by atoms with Gasteiger partial charge in [-0.1, -0.05) is 28.3 Å². The molecule has 0 saturated carbocycles. The van der Waals surface area contributed by atoms with E-state index in [1.54, 1.807) is 12.1 Å². The van der Waals surface area contributed by atoms with E-state index in [0.717, 1.165) is 5.56 Å². The lowest BCUT2D eigenvalue weighted by molar-refractivity contribution is 1.41. The maximum absolute atomic E-state index is 8.13. The van der Waals surface area contributed by atoms with Crippen LogP contribution in [0.25, 0.3) is 10.4 Å². The van der Waals surface area contributed by atoms with Gasteiger partial charge >= 0.3 is 0 Å². The minimum atomic E-state index is 0.480. The molecular formula is C7H6ClN3. The lowest BCUT2D eigenvalue weighted by Gasteiger charge is -1.96. The smallest absolute Gasteiger partial charge is 0.0564 e. The largest absolute Gasteiger partial charge is 0.0838 e. The molecule has 1 aromatic carbocycles. The Balaban J connectivity index is 3.22. The van der Waals surface area contributed by atoms with Crippen molar-refractivity contribution in [2.24, 2.45) is 5.11 Å². The number of azide groups is 1. The molecule has 0 fully saturated rings. The summed E-state index contributed by atoms with van der Waals surface area (Å²) in [7, 11) is 0. The van der Waals surface area contributed by atoms with Crippen LogP contribution < -0.4 is 0 Å². The molecule has 3 nitrogen and oxygen atoms in total. The van der Waals surface area contributed by atoms with E-state index in [4.69, 9.17) is 17.1 Å². The van der Waals surface area contributed by atoms with Gasteiger partial charge in [0.25, 0.3) is 0 Å². The molecule has 4 heteroatoms. The summed E-state index contributed by atoms with van der Waals surface area (Å²) in [5.74, 6) is 0. The number of aryl methyl sites for hydroxylation is 1. The molecule has 0 saturated heterocycles. The Labute approximate surface area is 69.2 Å². The van der Waals surface area contributed by atoms with E-state index in [1.165, 1.54) is 0 Å². The highest BCUT2D eigenvalue weighted by atomic mass is 35.5. The third-order valence-electron chi connectivity index (χ3n) is 1.25. The van der Waals surface area contributed by atoms with Gasteiger partial charge in [-0.15, -0.1) is 0 Å². The molecular weight excluding hydrogens is 162 g/mol. The number of halogens is 1. The Morgan fingerprint density at radius 2 is 2.27 bits per heavy atom.